The normalized spacial score (nSPS) is 11.9. The zero-order valence-corrected chi connectivity index (χ0v) is 21.3. The lowest BCUT2D eigenvalue weighted by Crippen LogP contribution is -2.47. The van der Waals surface area contributed by atoms with Crippen LogP contribution >= 0.6 is 0 Å². The third kappa shape index (κ3) is 8.74. The molecule has 0 saturated carbocycles. The maximum atomic E-state index is 12.6. The third-order valence-electron chi connectivity index (χ3n) is 5.51. The second-order valence-electron chi connectivity index (χ2n) is 8.43. The Morgan fingerprint density at radius 3 is 2.45 bits per heavy atom. The first-order valence-corrected chi connectivity index (χ1v) is 12.2. The Morgan fingerprint density at radius 2 is 1.74 bits per heavy atom. The lowest BCUT2D eigenvalue weighted by atomic mass is 10.1. The average molecular weight is 518 g/mol. The van der Waals surface area contributed by atoms with Crippen LogP contribution in [0.5, 0.6) is 0 Å². The first-order chi connectivity index (χ1) is 18.4. The summed E-state index contributed by atoms with van der Waals surface area (Å²) in [6.45, 7) is 3.36. The summed E-state index contributed by atoms with van der Waals surface area (Å²) < 4.78 is 5.06. The maximum Gasteiger partial charge on any atom is 0.328 e. The smallest absolute Gasteiger partial charge is 0.328 e. The van der Waals surface area contributed by atoms with Crippen LogP contribution in [0.15, 0.2) is 79.1 Å². The van der Waals surface area contributed by atoms with Crippen LogP contribution in [0.25, 0.3) is 0 Å². The van der Waals surface area contributed by atoms with Crippen LogP contribution in [0.4, 0.5) is 10.5 Å². The molecule has 0 aliphatic heterocycles. The summed E-state index contributed by atoms with van der Waals surface area (Å²) in [6.07, 6.45) is 3.41. The Labute approximate surface area is 221 Å². The molecule has 3 aromatic rings. The molecule has 2 unspecified atom stereocenters. The van der Waals surface area contributed by atoms with Gasteiger partial charge in [-0.25, -0.2) is 9.59 Å². The van der Waals surface area contributed by atoms with E-state index in [1.54, 1.807) is 49.6 Å². The molecular formula is C28H31N5O5. The van der Waals surface area contributed by atoms with Gasteiger partial charge in [0.05, 0.1) is 19.2 Å². The number of nitrogens with zero attached hydrogens (tertiary/aromatic N) is 1. The van der Waals surface area contributed by atoms with Gasteiger partial charge >= 0.3 is 12.0 Å². The van der Waals surface area contributed by atoms with Crippen molar-refractivity contribution in [1.82, 2.24) is 20.9 Å². The minimum atomic E-state index is -0.923. The number of carbonyl (C=O) groups is 4. The van der Waals surface area contributed by atoms with Crippen LogP contribution in [0.1, 0.15) is 41.4 Å². The van der Waals surface area contributed by atoms with Gasteiger partial charge in [0.1, 0.15) is 6.04 Å². The van der Waals surface area contributed by atoms with Gasteiger partial charge in [-0.15, -0.1) is 0 Å². The van der Waals surface area contributed by atoms with E-state index in [0.717, 1.165) is 11.1 Å². The number of anilines is 1. The zero-order chi connectivity index (χ0) is 27.3. The van der Waals surface area contributed by atoms with Crippen molar-refractivity contribution in [3.8, 4) is 0 Å². The van der Waals surface area contributed by atoms with Crippen molar-refractivity contribution in [2.75, 3.05) is 18.5 Å². The number of rotatable bonds is 11. The van der Waals surface area contributed by atoms with Crippen molar-refractivity contribution in [2.45, 2.75) is 32.4 Å². The first-order valence-electron chi connectivity index (χ1n) is 12.2. The van der Waals surface area contributed by atoms with E-state index in [1.807, 2.05) is 37.3 Å². The molecule has 2 aromatic carbocycles. The molecule has 0 spiro atoms. The molecule has 1 aromatic heterocycles. The van der Waals surface area contributed by atoms with Crippen LogP contribution < -0.4 is 21.3 Å². The van der Waals surface area contributed by atoms with Crippen LogP contribution in [-0.4, -0.2) is 48.0 Å². The van der Waals surface area contributed by atoms with Crippen molar-refractivity contribution < 1.29 is 23.9 Å². The van der Waals surface area contributed by atoms with Crippen LogP contribution in [-0.2, 0) is 20.7 Å². The van der Waals surface area contributed by atoms with E-state index in [9.17, 15) is 19.2 Å². The van der Waals surface area contributed by atoms with Gasteiger partial charge in [0.2, 0.25) is 5.91 Å². The van der Waals surface area contributed by atoms with Crippen LogP contribution in [0.2, 0.25) is 0 Å². The van der Waals surface area contributed by atoms with Crippen molar-refractivity contribution in [1.29, 1.82) is 0 Å². The van der Waals surface area contributed by atoms with Crippen molar-refractivity contribution in [3.05, 3.63) is 95.8 Å². The molecule has 2 atom stereocenters. The fourth-order valence-corrected chi connectivity index (χ4v) is 3.63. The number of benzene rings is 2. The molecule has 0 bridgehead atoms. The third-order valence-corrected chi connectivity index (χ3v) is 5.51. The molecule has 0 radical (unpaired) electrons. The second kappa shape index (κ2) is 14.1. The van der Waals surface area contributed by atoms with E-state index in [-0.39, 0.29) is 31.2 Å². The summed E-state index contributed by atoms with van der Waals surface area (Å²) in [5.74, 6) is -1.64. The summed E-state index contributed by atoms with van der Waals surface area (Å²) >= 11 is 0. The lowest BCUT2D eigenvalue weighted by Gasteiger charge is -2.17. The van der Waals surface area contributed by atoms with Crippen molar-refractivity contribution in [2.24, 2.45) is 0 Å². The Bertz CT molecular complexity index is 1240. The van der Waals surface area contributed by atoms with Gasteiger partial charge < -0.3 is 26.0 Å². The highest BCUT2D eigenvalue weighted by molar-refractivity contribution is 5.98. The number of amides is 4. The SMILES string of the molecule is CCOC(=O)C(Cc1cccnc1)NC(=O)CNC(=O)c1cccc(NC(=O)NC(C)c2ccccc2)c1. The molecule has 0 fully saturated rings. The van der Waals surface area contributed by atoms with Gasteiger partial charge in [0.15, 0.2) is 0 Å². The molecule has 10 nitrogen and oxygen atoms in total. The molecule has 10 heteroatoms. The number of hydrogen-bond donors (Lipinski definition) is 4. The number of pyridine rings is 1. The Hall–Kier alpha value is -4.73. The van der Waals surface area contributed by atoms with E-state index in [4.69, 9.17) is 4.74 Å². The number of carbonyl (C=O) groups excluding carboxylic acids is 4. The number of aromatic nitrogens is 1. The molecule has 4 amide bonds. The topological polar surface area (TPSA) is 139 Å². The van der Waals surface area contributed by atoms with Gasteiger partial charge in [-0.2, -0.15) is 0 Å². The second-order valence-corrected chi connectivity index (χ2v) is 8.43. The molecule has 4 N–H and O–H groups in total. The van der Waals surface area contributed by atoms with Gasteiger partial charge in [-0.3, -0.25) is 14.6 Å². The largest absolute Gasteiger partial charge is 0.464 e. The van der Waals surface area contributed by atoms with E-state index in [0.29, 0.717) is 5.69 Å². The Kier molecular flexibility index (Phi) is 10.3. The highest BCUT2D eigenvalue weighted by atomic mass is 16.5. The number of nitrogens with one attached hydrogen (secondary N) is 4. The molecule has 1 heterocycles. The number of esters is 1. The van der Waals surface area contributed by atoms with Crippen molar-refractivity contribution in [3.63, 3.8) is 0 Å². The fraction of sp³-hybridized carbons (Fsp3) is 0.250. The molecule has 198 valence electrons. The number of hydrogen-bond acceptors (Lipinski definition) is 6. The lowest BCUT2D eigenvalue weighted by molar-refractivity contribution is -0.147. The molecular weight excluding hydrogens is 486 g/mol. The summed E-state index contributed by atoms with van der Waals surface area (Å²) in [7, 11) is 0. The van der Waals surface area contributed by atoms with E-state index in [1.165, 1.54) is 6.07 Å². The Balaban J connectivity index is 1.53. The van der Waals surface area contributed by atoms with Gasteiger partial charge in [-0.1, -0.05) is 42.5 Å². The van der Waals surface area contributed by atoms with Crippen LogP contribution in [0, 0.1) is 0 Å². The maximum absolute atomic E-state index is 12.6. The zero-order valence-electron chi connectivity index (χ0n) is 21.3. The summed E-state index contributed by atoms with van der Waals surface area (Å²) in [6, 6.07) is 17.8. The number of ether oxygens (including phenoxy) is 1. The number of urea groups is 1. The van der Waals surface area contributed by atoms with Crippen molar-refractivity contribution >= 4 is 29.5 Å². The summed E-state index contributed by atoms with van der Waals surface area (Å²) in [5, 5.41) is 10.7. The molecule has 0 saturated heterocycles. The molecule has 0 aliphatic carbocycles. The van der Waals surface area contributed by atoms with Gasteiger partial charge in [0.25, 0.3) is 5.91 Å². The average Bonchev–Trinajstić information content (AvgIpc) is 2.92. The quantitative estimate of drug-likeness (QED) is 0.289. The molecule has 3 rings (SSSR count). The minimum Gasteiger partial charge on any atom is -0.464 e. The standard InChI is InChI=1S/C28H31N5O5/c1-3-38-27(36)24(15-20-9-8-14-29-17-20)33-25(34)18-30-26(35)22-12-7-13-23(16-22)32-28(37)31-19(2)21-10-5-4-6-11-21/h4-14,16-17,19,24H,3,15,18H2,1-2H3,(H,30,35)(H,33,34)(H2,31,32,37). The van der Waals surface area contributed by atoms with E-state index < -0.39 is 29.9 Å². The summed E-state index contributed by atoms with van der Waals surface area (Å²) in [4.78, 5) is 53.9. The molecule has 0 aliphatic rings. The highest BCUT2D eigenvalue weighted by Gasteiger charge is 2.23. The van der Waals surface area contributed by atoms with Gasteiger partial charge in [-0.05, 0) is 49.2 Å². The van der Waals surface area contributed by atoms with E-state index >= 15 is 0 Å². The monoisotopic (exact) mass is 517 g/mol. The Morgan fingerprint density at radius 1 is 0.947 bits per heavy atom. The predicted octanol–water partition coefficient (Wildman–Crippen LogP) is 2.98. The van der Waals surface area contributed by atoms with Crippen LogP contribution in [0.3, 0.4) is 0 Å². The van der Waals surface area contributed by atoms with E-state index in [2.05, 4.69) is 26.3 Å². The van der Waals surface area contributed by atoms with Gasteiger partial charge in [0, 0.05) is 30.1 Å². The summed E-state index contributed by atoms with van der Waals surface area (Å²) in [5.41, 5.74) is 2.38. The predicted molar refractivity (Wildman–Crippen MR) is 142 cm³/mol. The fourth-order valence-electron chi connectivity index (χ4n) is 3.63. The first kappa shape index (κ1) is 27.9. The highest BCUT2D eigenvalue weighted by Crippen LogP contribution is 2.14. The minimum absolute atomic E-state index is 0.169. The molecule has 38 heavy (non-hydrogen) atoms.